The molecule has 1 nitrogen and oxygen atoms in total. The Morgan fingerprint density at radius 1 is 0.769 bits per heavy atom. The third-order valence-electron chi connectivity index (χ3n) is 4.16. The van der Waals surface area contributed by atoms with Crippen LogP contribution < -0.4 is 0 Å². The fourth-order valence-corrected chi connectivity index (χ4v) is 3.63. The molecule has 0 spiro atoms. The molecule has 0 fully saturated rings. The number of hydrogen-bond donors (Lipinski definition) is 0. The minimum Gasteiger partial charge on any atom is -0.293 e. The van der Waals surface area contributed by atoms with E-state index >= 15 is 0 Å². The predicted molar refractivity (Wildman–Crippen MR) is 109 cm³/mol. The van der Waals surface area contributed by atoms with Gasteiger partial charge in [0.2, 0.25) is 0 Å². The second kappa shape index (κ2) is 7.39. The van der Waals surface area contributed by atoms with E-state index in [4.69, 9.17) is 0 Å². The van der Waals surface area contributed by atoms with Crippen LogP contribution in [-0.2, 0) is 6.42 Å². The van der Waals surface area contributed by atoms with Crippen LogP contribution >= 0.6 is 11.3 Å². The lowest BCUT2D eigenvalue weighted by atomic mass is 10.0. The Bertz CT molecular complexity index is 1130. The molecule has 3 aromatic carbocycles. The molecule has 1 heterocycles. The summed E-state index contributed by atoms with van der Waals surface area (Å²) in [4.78, 5) is 14.3. The van der Waals surface area contributed by atoms with Gasteiger partial charge in [0.15, 0.2) is 5.78 Å². The molecule has 26 heavy (non-hydrogen) atoms. The normalized spacial score (nSPS) is 10.3. The minimum absolute atomic E-state index is 0.137. The summed E-state index contributed by atoms with van der Waals surface area (Å²) in [6, 6.07) is 28.1. The van der Waals surface area contributed by atoms with Gasteiger partial charge in [-0.15, -0.1) is 11.3 Å². The first-order valence-corrected chi connectivity index (χ1v) is 9.27. The Kier molecular flexibility index (Phi) is 4.64. The van der Waals surface area contributed by atoms with Crippen LogP contribution in [0.5, 0.6) is 0 Å². The standard InChI is InChI=1S/C24H16OS/c25-23(17-19-10-12-20-8-4-5-9-21(20)16-19)24-15-14-22(26-24)13-11-18-6-2-1-3-7-18/h1-10,12,14-16H,17H2. The summed E-state index contributed by atoms with van der Waals surface area (Å²) in [5.41, 5.74) is 2.02. The molecule has 0 atom stereocenters. The molecule has 0 aliphatic carbocycles. The molecule has 0 radical (unpaired) electrons. The van der Waals surface area contributed by atoms with Crippen LogP contribution in [0.25, 0.3) is 10.8 Å². The van der Waals surface area contributed by atoms with Gasteiger partial charge in [-0.1, -0.05) is 72.5 Å². The van der Waals surface area contributed by atoms with E-state index in [2.05, 4.69) is 36.1 Å². The van der Waals surface area contributed by atoms with Crippen molar-refractivity contribution in [2.24, 2.45) is 0 Å². The minimum atomic E-state index is 0.137. The number of carbonyl (C=O) groups is 1. The topological polar surface area (TPSA) is 17.1 Å². The maximum absolute atomic E-state index is 12.6. The third-order valence-corrected chi connectivity index (χ3v) is 5.20. The zero-order chi connectivity index (χ0) is 17.8. The summed E-state index contributed by atoms with van der Waals surface area (Å²) >= 11 is 1.46. The van der Waals surface area contributed by atoms with Crippen LogP contribution in [0.3, 0.4) is 0 Å². The fourth-order valence-electron chi connectivity index (χ4n) is 2.83. The van der Waals surface area contributed by atoms with Gasteiger partial charge in [0.25, 0.3) is 0 Å². The summed E-state index contributed by atoms with van der Waals surface area (Å²) in [5.74, 6) is 6.41. The summed E-state index contributed by atoms with van der Waals surface area (Å²) in [7, 11) is 0. The van der Waals surface area contributed by atoms with Crippen molar-refractivity contribution in [1.82, 2.24) is 0 Å². The molecule has 0 saturated carbocycles. The molecular weight excluding hydrogens is 336 g/mol. The molecule has 0 aliphatic heterocycles. The van der Waals surface area contributed by atoms with E-state index in [1.807, 2.05) is 60.7 Å². The first-order valence-electron chi connectivity index (χ1n) is 8.46. The third kappa shape index (κ3) is 3.74. The molecule has 0 saturated heterocycles. The van der Waals surface area contributed by atoms with Crippen molar-refractivity contribution in [1.29, 1.82) is 0 Å². The van der Waals surface area contributed by atoms with E-state index in [0.29, 0.717) is 6.42 Å². The molecule has 2 heteroatoms. The molecule has 0 unspecified atom stereocenters. The Labute approximate surface area is 156 Å². The molecule has 4 aromatic rings. The van der Waals surface area contributed by atoms with E-state index in [0.717, 1.165) is 20.9 Å². The van der Waals surface area contributed by atoms with Gasteiger partial charge in [0, 0.05) is 12.0 Å². The average molecular weight is 352 g/mol. The largest absolute Gasteiger partial charge is 0.293 e. The number of hydrogen-bond acceptors (Lipinski definition) is 2. The molecular formula is C24H16OS. The number of Topliss-reactive ketones (excluding diaryl/α,β-unsaturated/α-hetero) is 1. The highest BCUT2D eigenvalue weighted by atomic mass is 32.1. The Balaban J connectivity index is 1.50. The molecule has 124 valence electrons. The van der Waals surface area contributed by atoms with Crippen molar-refractivity contribution in [3.05, 3.63) is 106 Å². The van der Waals surface area contributed by atoms with Gasteiger partial charge in [0.05, 0.1) is 9.75 Å². The lowest BCUT2D eigenvalue weighted by molar-refractivity contribution is 0.0997. The van der Waals surface area contributed by atoms with Gasteiger partial charge in [-0.05, 0) is 40.6 Å². The number of rotatable bonds is 3. The zero-order valence-corrected chi connectivity index (χ0v) is 14.9. The van der Waals surface area contributed by atoms with Crippen LogP contribution in [0.15, 0.2) is 84.9 Å². The van der Waals surface area contributed by atoms with Crippen LogP contribution in [-0.4, -0.2) is 5.78 Å². The van der Waals surface area contributed by atoms with Gasteiger partial charge in [0.1, 0.15) is 0 Å². The summed E-state index contributed by atoms with van der Waals surface area (Å²) in [5, 5.41) is 2.36. The van der Waals surface area contributed by atoms with E-state index in [1.165, 1.54) is 22.1 Å². The van der Waals surface area contributed by atoms with Gasteiger partial charge >= 0.3 is 0 Å². The number of benzene rings is 3. The van der Waals surface area contributed by atoms with Crippen LogP contribution in [0.2, 0.25) is 0 Å². The second-order valence-electron chi connectivity index (χ2n) is 6.06. The summed E-state index contributed by atoms with van der Waals surface area (Å²) in [6.07, 6.45) is 0.414. The monoisotopic (exact) mass is 352 g/mol. The molecule has 1 aromatic heterocycles. The van der Waals surface area contributed by atoms with E-state index in [1.54, 1.807) is 0 Å². The highest BCUT2D eigenvalue weighted by Gasteiger charge is 2.10. The van der Waals surface area contributed by atoms with Gasteiger partial charge in [-0.2, -0.15) is 0 Å². The molecule has 0 N–H and O–H groups in total. The molecule has 0 amide bonds. The van der Waals surface area contributed by atoms with Crippen molar-refractivity contribution in [2.75, 3.05) is 0 Å². The SMILES string of the molecule is O=C(Cc1ccc2ccccc2c1)c1ccc(C#Cc2ccccc2)s1. The predicted octanol–water partition coefficient (Wildman–Crippen LogP) is 5.73. The quantitative estimate of drug-likeness (QED) is 0.340. The maximum atomic E-state index is 12.6. The highest BCUT2D eigenvalue weighted by molar-refractivity contribution is 7.14. The van der Waals surface area contributed by atoms with E-state index < -0.39 is 0 Å². The van der Waals surface area contributed by atoms with Crippen molar-refractivity contribution in [3.8, 4) is 11.8 Å². The van der Waals surface area contributed by atoms with Gasteiger partial charge < -0.3 is 0 Å². The fraction of sp³-hybridized carbons (Fsp3) is 0.0417. The van der Waals surface area contributed by atoms with E-state index in [9.17, 15) is 4.79 Å². The van der Waals surface area contributed by atoms with Crippen molar-refractivity contribution in [2.45, 2.75) is 6.42 Å². The Morgan fingerprint density at radius 2 is 1.54 bits per heavy atom. The summed E-state index contributed by atoms with van der Waals surface area (Å²) < 4.78 is 0. The number of thiophene rings is 1. The lowest BCUT2D eigenvalue weighted by Crippen LogP contribution is -2.00. The zero-order valence-electron chi connectivity index (χ0n) is 14.1. The van der Waals surface area contributed by atoms with Crippen LogP contribution in [0.1, 0.15) is 25.7 Å². The molecule has 4 rings (SSSR count). The number of fused-ring (bicyclic) bond motifs is 1. The maximum Gasteiger partial charge on any atom is 0.177 e. The van der Waals surface area contributed by atoms with Crippen molar-refractivity contribution in [3.63, 3.8) is 0 Å². The first-order chi connectivity index (χ1) is 12.8. The molecule has 0 bridgehead atoms. The lowest BCUT2D eigenvalue weighted by Gasteiger charge is -2.02. The Hall–Kier alpha value is -3.15. The van der Waals surface area contributed by atoms with E-state index in [-0.39, 0.29) is 5.78 Å². The highest BCUT2D eigenvalue weighted by Crippen LogP contribution is 2.20. The average Bonchev–Trinajstić information content (AvgIpc) is 3.16. The number of carbonyl (C=O) groups excluding carboxylic acids is 1. The van der Waals surface area contributed by atoms with Crippen molar-refractivity contribution >= 4 is 27.9 Å². The molecule has 0 aliphatic rings. The van der Waals surface area contributed by atoms with Gasteiger partial charge in [-0.3, -0.25) is 4.79 Å². The second-order valence-corrected chi connectivity index (χ2v) is 7.15. The van der Waals surface area contributed by atoms with Gasteiger partial charge in [-0.25, -0.2) is 0 Å². The Morgan fingerprint density at radius 3 is 2.38 bits per heavy atom. The number of ketones is 1. The van der Waals surface area contributed by atoms with Crippen LogP contribution in [0, 0.1) is 11.8 Å². The smallest absolute Gasteiger partial charge is 0.177 e. The van der Waals surface area contributed by atoms with Crippen molar-refractivity contribution < 1.29 is 4.79 Å². The summed E-state index contributed by atoms with van der Waals surface area (Å²) in [6.45, 7) is 0. The van der Waals surface area contributed by atoms with Crippen LogP contribution in [0.4, 0.5) is 0 Å². The first kappa shape index (κ1) is 16.3.